The number of nitrogens with zero attached hydrogens (tertiary/aromatic N) is 6. The molecule has 4 aliphatic heterocycles. The lowest BCUT2D eigenvalue weighted by atomic mass is 9.93. The molecule has 0 bridgehead atoms. The van der Waals surface area contributed by atoms with E-state index in [4.69, 9.17) is 20.2 Å². The van der Waals surface area contributed by atoms with Crippen molar-refractivity contribution in [3.8, 4) is 29.1 Å². The lowest BCUT2D eigenvalue weighted by Gasteiger charge is -2.33. The number of nitrogen functional groups attached to an aromatic ring is 1. The number of nitrogens with two attached hydrogens (primary N) is 1. The predicted octanol–water partition coefficient (Wildman–Crippen LogP) is 2.16. The number of nitriles is 1. The Hall–Kier alpha value is -3.56. The van der Waals surface area contributed by atoms with Crippen molar-refractivity contribution in [1.82, 2.24) is 24.4 Å². The largest absolute Gasteiger partial charge is 0.486 e. The van der Waals surface area contributed by atoms with Crippen LogP contribution in [-0.2, 0) is 11.3 Å². The fourth-order valence-electron chi connectivity index (χ4n) is 4.51. The summed E-state index contributed by atoms with van der Waals surface area (Å²) < 4.78 is 13.2. The molecule has 1 fully saturated rings. The second-order valence-corrected chi connectivity index (χ2v) is 9.95. The number of amides is 1. The highest BCUT2D eigenvalue weighted by Gasteiger charge is 2.26. The number of hydrogen-bond acceptors (Lipinski definition) is 10. The van der Waals surface area contributed by atoms with Gasteiger partial charge in [0.05, 0.1) is 11.9 Å². The number of ether oxygens (including phenoxy) is 2. The number of fused-ring (bicyclic) bond motifs is 2. The molecule has 12 heteroatoms. The number of benzene rings is 1. The zero-order valence-electron chi connectivity index (χ0n) is 19.9. The predicted molar refractivity (Wildman–Crippen MR) is 131 cm³/mol. The monoisotopic (exact) mass is 509 g/mol. The number of carbonyl (C=O) groups is 1. The van der Waals surface area contributed by atoms with Gasteiger partial charge in [0.2, 0.25) is 0 Å². The van der Waals surface area contributed by atoms with Crippen LogP contribution in [0.4, 0.5) is 5.82 Å². The fraction of sp³-hybridized carbons (Fsp3) is 0.458. The number of imidazole rings is 1. The van der Waals surface area contributed by atoms with Crippen LogP contribution in [0.15, 0.2) is 28.5 Å². The number of rotatable bonds is 6. The Bertz CT molecular complexity index is 1280. The van der Waals surface area contributed by atoms with Gasteiger partial charge in [0.15, 0.2) is 34.0 Å². The van der Waals surface area contributed by atoms with Crippen molar-refractivity contribution < 1.29 is 19.4 Å². The quantitative estimate of drug-likeness (QED) is 0.505. The first-order chi connectivity index (χ1) is 17.4. The van der Waals surface area contributed by atoms with Crippen LogP contribution in [0.2, 0.25) is 0 Å². The first-order valence-corrected chi connectivity index (χ1v) is 12.7. The third-order valence-corrected chi connectivity index (χ3v) is 7.42. The zero-order valence-corrected chi connectivity index (χ0v) is 20.7. The van der Waals surface area contributed by atoms with Crippen LogP contribution in [-0.4, -0.2) is 67.8 Å². The highest BCUT2D eigenvalue weighted by atomic mass is 32.2. The third-order valence-electron chi connectivity index (χ3n) is 6.50. The van der Waals surface area contributed by atoms with E-state index in [0.29, 0.717) is 83.2 Å². The maximum absolute atomic E-state index is 12.0. The molecule has 0 aliphatic carbocycles. The maximum atomic E-state index is 12.0. The highest BCUT2D eigenvalue weighted by molar-refractivity contribution is 7.99. The minimum absolute atomic E-state index is 0.207. The molecular formula is C24H27N7O4S. The van der Waals surface area contributed by atoms with E-state index in [9.17, 15) is 15.2 Å². The Morgan fingerprint density at radius 2 is 2.00 bits per heavy atom. The van der Waals surface area contributed by atoms with Crippen LogP contribution in [0.5, 0.6) is 11.5 Å². The molecule has 0 spiro atoms. The van der Waals surface area contributed by atoms with Crippen LogP contribution in [0.1, 0.15) is 31.7 Å². The molecule has 0 aromatic heterocycles. The smallest absolute Gasteiger partial charge is 0.251 e. The lowest BCUT2D eigenvalue weighted by Crippen LogP contribution is -2.43. The Balaban J connectivity index is 1.30. The fourth-order valence-corrected chi connectivity index (χ4v) is 5.36. The molecule has 1 saturated heterocycles. The van der Waals surface area contributed by atoms with Gasteiger partial charge in [-0.3, -0.25) is 4.79 Å². The summed E-state index contributed by atoms with van der Waals surface area (Å²) >= 11 is 1.27. The van der Waals surface area contributed by atoms with E-state index in [1.165, 1.54) is 18.7 Å². The van der Waals surface area contributed by atoms with Crippen molar-refractivity contribution >= 4 is 23.5 Å². The van der Waals surface area contributed by atoms with Crippen molar-refractivity contribution in [2.45, 2.75) is 48.9 Å². The second kappa shape index (κ2) is 10.2. The van der Waals surface area contributed by atoms with Gasteiger partial charge in [-0.15, -0.1) is 0 Å². The molecule has 4 aliphatic rings. The number of hydrogen-bond donors (Lipinski definition) is 2. The number of aromatic nitrogens is 4. The molecule has 5 rings (SSSR count). The van der Waals surface area contributed by atoms with Crippen molar-refractivity contribution in [1.29, 1.82) is 5.26 Å². The van der Waals surface area contributed by atoms with Crippen LogP contribution < -0.4 is 15.2 Å². The van der Waals surface area contributed by atoms with Crippen LogP contribution in [0, 0.1) is 17.2 Å². The molecule has 0 radical (unpaired) electrons. The molecule has 0 saturated carbocycles. The van der Waals surface area contributed by atoms with Crippen LogP contribution >= 0.6 is 11.8 Å². The van der Waals surface area contributed by atoms with Crippen molar-refractivity contribution in [2.75, 3.05) is 32.0 Å². The summed E-state index contributed by atoms with van der Waals surface area (Å²) in [6, 6.07) is 5.66. The van der Waals surface area contributed by atoms with Gasteiger partial charge in [-0.1, -0.05) is 0 Å². The Morgan fingerprint density at radius 3 is 2.69 bits per heavy atom. The van der Waals surface area contributed by atoms with Crippen molar-refractivity contribution in [2.24, 2.45) is 5.92 Å². The van der Waals surface area contributed by atoms with Gasteiger partial charge in [0.25, 0.3) is 5.91 Å². The average Bonchev–Trinajstić information content (AvgIpc) is 3.32. The number of aliphatic hydroxyl groups excluding tert-OH is 1. The summed E-state index contributed by atoms with van der Waals surface area (Å²) in [4.78, 5) is 28.0. The summed E-state index contributed by atoms with van der Waals surface area (Å²) in [7, 11) is 0. The van der Waals surface area contributed by atoms with E-state index < -0.39 is 6.10 Å². The number of likely N-dealkylation sites (tertiary alicyclic amines) is 1. The number of carbonyl (C=O) groups excluding carboxylic acids is 1. The van der Waals surface area contributed by atoms with Gasteiger partial charge >= 0.3 is 0 Å². The molecule has 1 aromatic rings. The maximum Gasteiger partial charge on any atom is 0.251 e. The molecule has 36 heavy (non-hydrogen) atoms. The first kappa shape index (κ1) is 24.1. The molecule has 0 unspecified atom stereocenters. The van der Waals surface area contributed by atoms with Gasteiger partial charge in [0, 0.05) is 30.6 Å². The van der Waals surface area contributed by atoms with E-state index in [0.717, 1.165) is 19.3 Å². The summed E-state index contributed by atoms with van der Waals surface area (Å²) in [5.41, 5.74) is 7.08. The van der Waals surface area contributed by atoms with Crippen molar-refractivity contribution in [3.05, 3.63) is 24.0 Å². The van der Waals surface area contributed by atoms with E-state index in [1.807, 2.05) is 4.57 Å². The minimum Gasteiger partial charge on any atom is -0.486 e. The molecular weight excluding hydrogens is 482 g/mol. The summed E-state index contributed by atoms with van der Waals surface area (Å²) in [5, 5.41) is 19.6. The number of aryl methyl sites for hydroxylation is 1. The molecule has 1 amide bonds. The molecule has 3 N–H and O–H groups in total. The van der Waals surface area contributed by atoms with E-state index in [-0.39, 0.29) is 5.91 Å². The van der Waals surface area contributed by atoms with Gasteiger partial charge in [-0.05, 0) is 49.9 Å². The van der Waals surface area contributed by atoms with Crippen LogP contribution in [0.3, 0.4) is 0 Å². The molecule has 4 heterocycles. The van der Waals surface area contributed by atoms with Gasteiger partial charge in [-0.25, -0.2) is 15.0 Å². The Kier molecular flexibility index (Phi) is 6.84. The number of anilines is 1. The molecule has 1 atom stereocenters. The van der Waals surface area contributed by atoms with Gasteiger partial charge in [-0.2, -0.15) is 5.26 Å². The van der Waals surface area contributed by atoms with Crippen LogP contribution in [0.25, 0.3) is 11.5 Å². The first-order valence-electron chi connectivity index (χ1n) is 11.9. The summed E-state index contributed by atoms with van der Waals surface area (Å²) in [5.74, 6) is 2.34. The topological polar surface area (TPSA) is 152 Å². The molecule has 1 aromatic carbocycles. The average molecular weight is 510 g/mol. The highest BCUT2D eigenvalue weighted by Crippen LogP contribution is 2.40. The summed E-state index contributed by atoms with van der Waals surface area (Å²) in [6.45, 7) is 4.41. The minimum atomic E-state index is -0.958. The van der Waals surface area contributed by atoms with E-state index in [2.05, 4.69) is 16.0 Å². The van der Waals surface area contributed by atoms with Gasteiger partial charge in [0.1, 0.15) is 25.4 Å². The SMILES string of the molecule is C[C@H](O)C(=O)N1CCC(CCn2cnc(N)c3nc(Sc4cc5c(cc4C#N)OCCO5)nc2-3)CC1. The normalized spacial score (nSPS) is 16.6. The van der Waals surface area contributed by atoms with Crippen molar-refractivity contribution in [3.63, 3.8) is 0 Å². The Labute approximate surface area is 212 Å². The Morgan fingerprint density at radius 1 is 1.28 bits per heavy atom. The third kappa shape index (κ3) is 4.89. The zero-order chi connectivity index (χ0) is 25.2. The second-order valence-electron chi connectivity index (χ2n) is 8.94. The standard InChI is InChI=1S/C24H27N7O4S/c1-14(32)23(33)30-5-2-15(3-6-30)4-7-31-13-27-21(26)20-22(31)29-24(28-20)36-19-11-18-17(10-16(19)12-25)34-8-9-35-18/h10-11,13-15,32H,2-9,26H2,1H3/t14-/m0/s1. The molecule has 11 nitrogen and oxygen atoms in total. The van der Waals surface area contributed by atoms with Gasteiger partial charge < -0.3 is 29.8 Å². The van der Waals surface area contributed by atoms with E-state index in [1.54, 1.807) is 23.4 Å². The lowest BCUT2D eigenvalue weighted by molar-refractivity contribution is -0.140. The number of aliphatic hydroxyl groups is 1. The molecule has 188 valence electrons. The summed E-state index contributed by atoms with van der Waals surface area (Å²) in [6.07, 6.45) is 3.40. The van der Waals surface area contributed by atoms with E-state index >= 15 is 0 Å². The number of piperidine rings is 1.